The Balaban J connectivity index is 2.26. The largest absolute Gasteiger partial charge is 0.454 e. The number of ketones is 1. The van der Waals surface area contributed by atoms with Crippen molar-refractivity contribution in [1.82, 2.24) is 0 Å². The Hall–Kier alpha value is -1.55. The Bertz CT molecular complexity index is 445. The molecule has 4 nitrogen and oxygen atoms in total. The minimum atomic E-state index is -1.12. The SMILES string of the molecule is CC(C)(C)C(=O)C(O)c1ccc2c(c1)OCO2. The first-order valence-electron chi connectivity index (χ1n) is 5.51. The van der Waals surface area contributed by atoms with Crippen LogP contribution in [0.4, 0.5) is 0 Å². The van der Waals surface area contributed by atoms with Gasteiger partial charge < -0.3 is 14.6 Å². The highest BCUT2D eigenvalue weighted by Gasteiger charge is 2.30. The molecule has 1 aromatic rings. The van der Waals surface area contributed by atoms with Crippen LogP contribution in [0, 0.1) is 5.41 Å². The third-order valence-corrected chi connectivity index (χ3v) is 2.70. The molecule has 1 heterocycles. The molecule has 1 unspecified atom stereocenters. The molecule has 1 N–H and O–H groups in total. The van der Waals surface area contributed by atoms with Crippen molar-refractivity contribution in [3.63, 3.8) is 0 Å². The zero-order chi connectivity index (χ0) is 12.6. The van der Waals surface area contributed by atoms with Gasteiger partial charge in [-0.25, -0.2) is 0 Å². The predicted molar refractivity (Wildman–Crippen MR) is 62.0 cm³/mol. The van der Waals surface area contributed by atoms with E-state index in [2.05, 4.69) is 0 Å². The molecule has 1 aliphatic heterocycles. The minimum absolute atomic E-state index is 0.183. The number of aliphatic hydroxyl groups is 1. The summed E-state index contributed by atoms with van der Waals surface area (Å²) in [5.41, 5.74) is -0.0374. The zero-order valence-corrected chi connectivity index (χ0v) is 10.2. The van der Waals surface area contributed by atoms with Crippen molar-refractivity contribution in [3.05, 3.63) is 23.8 Å². The number of hydrogen-bond donors (Lipinski definition) is 1. The summed E-state index contributed by atoms with van der Waals surface area (Å²) in [6.07, 6.45) is -1.12. The van der Waals surface area contributed by atoms with Gasteiger partial charge in [-0.3, -0.25) is 4.79 Å². The van der Waals surface area contributed by atoms with Crippen molar-refractivity contribution in [2.24, 2.45) is 5.41 Å². The number of benzene rings is 1. The van der Waals surface area contributed by atoms with Gasteiger partial charge >= 0.3 is 0 Å². The number of rotatable bonds is 2. The molecule has 2 rings (SSSR count). The van der Waals surface area contributed by atoms with Crippen molar-refractivity contribution in [1.29, 1.82) is 0 Å². The van der Waals surface area contributed by atoms with E-state index in [0.29, 0.717) is 17.1 Å². The van der Waals surface area contributed by atoms with E-state index in [1.54, 1.807) is 39.0 Å². The zero-order valence-electron chi connectivity index (χ0n) is 10.2. The third kappa shape index (κ3) is 2.26. The summed E-state index contributed by atoms with van der Waals surface area (Å²) in [4.78, 5) is 11.9. The van der Waals surface area contributed by atoms with Crippen molar-refractivity contribution < 1.29 is 19.4 Å². The smallest absolute Gasteiger partial charge is 0.231 e. The number of aliphatic hydroxyl groups excluding tert-OH is 1. The van der Waals surface area contributed by atoms with Crippen LogP contribution >= 0.6 is 0 Å². The van der Waals surface area contributed by atoms with E-state index in [-0.39, 0.29) is 12.6 Å². The fourth-order valence-corrected chi connectivity index (χ4v) is 1.64. The van der Waals surface area contributed by atoms with Crippen LogP contribution in [0.15, 0.2) is 18.2 Å². The van der Waals surface area contributed by atoms with Crippen LogP contribution in [-0.2, 0) is 4.79 Å². The molecule has 0 saturated heterocycles. The lowest BCUT2D eigenvalue weighted by atomic mass is 9.85. The molecule has 1 aliphatic rings. The lowest BCUT2D eigenvalue weighted by Crippen LogP contribution is -2.26. The number of carbonyl (C=O) groups excluding carboxylic acids is 1. The number of ether oxygens (including phenoxy) is 2. The van der Waals surface area contributed by atoms with Crippen molar-refractivity contribution >= 4 is 5.78 Å². The quantitative estimate of drug-likeness (QED) is 0.854. The lowest BCUT2D eigenvalue weighted by molar-refractivity contribution is -0.135. The first kappa shape index (κ1) is 11.9. The minimum Gasteiger partial charge on any atom is -0.454 e. The van der Waals surface area contributed by atoms with Gasteiger partial charge in [-0.15, -0.1) is 0 Å². The van der Waals surface area contributed by atoms with Gasteiger partial charge in [0.25, 0.3) is 0 Å². The Kier molecular flexibility index (Phi) is 2.83. The monoisotopic (exact) mass is 236 g/mol. The van der Waals surface area contributed by atoms with Crippen molar-refractivity contribution in [2.75, 3.05) is 6.79 Å². The summed E-state index contributed by atoms with van der Waals surface area (Å²) in [6.45, 7) is 5.53. The molecule has 0 aliphatic carbocycles. The molecule has 0 spiro atoms. The van der Waals surface area contributed by atoms with Gasteiger partial charge in [-0.1, -0.05) is 26.8 Å². The van der Waals surface area contributed by atoms with Gasteiger partial charge in [0.2, 0.25) is 6.79 Å². The molecule has 4 heteroatoms. The van der Waals surface area contributed by atoms with Crippen molar-refractivity contribution in [2.45, 2.75) is 26.9 Å². The second-order valence-electron chi connectivity index (χ2n) is 5.13. The first-order chi connectivity index (χ1) is 7.89. The van der Waals surface area contributed by atoms with Crippen LogP contribution in [0.25, 0.3) is 0 Å². The summed E-state index contributed by atoms with van der Waals surface area (Å²) in [6, 6.07) is 5.04. The van der Waals surface area contributed by atoms with Crippen LogP contribution in [0.5, 0.6) is 11.5 Å². The molecule has 1 atom stereocenters. The first-order valence-corrected chi connectivity index (χ1v) is 5.51. The van der Waals surface area contributed by atoms with E-state index < -0.39 is 11.5 Å². The van der Waals surface area contributed by atoms with Crippen LogP contribution in [-0.4, -0.2) is 17.7 Å². The second kappa shape index (κ2) is 4.04. The molecule has 0 bridgehead atoms. The third-order valence-electron chi connectivity index (χ3n) is 2.70. The lowest BCUT2D eigenvalue weighted by Gasteiger charge is -2.21. The fraction of sp³-hybridized carbons (Fsp3) is 0.462. The Labute approximate surface area is 100 Å². The molecule has 0 fully saturated rings. The molecule has 0 radical (unpaired) electrons. The Morgan fingerprint density at radius 3 is 2.59 bits per heavy atom. The maximum Gasteiger partial charge on any atom is 0.231 e. The number of Topliss-reactive ketones (excluding diaryl/α,β-unsaturated/α-hetero) is 1. The molecule has 0 aromatic heterocycles. The molecule has 0 amide bonds. The van der Waals surface area contributed by atoms with Crippen LogP contribution in [0.2, 0.25) is 0 Å². The van der Waals surface area contributed by atoms with Gasteiger partial charge in [-0.2, -0.15) is 0 Å². The van der Waals surface area contributed by atoms with E-state index in [4.69, 9.17) is 9.47 Å². The summed E-state index contributed by atoms with van der Waals surface area (Å²) < 4.78 is 10.4. The van der Waals surface area contributed by atoms with E-state index in [9.17, 15) is 9.90 Å². The highest BCUT2D eigenvalue weighted by atomic mass is 16.7. The van der Waals surface area contributed by atoms with Crippen LogP contribution in [0.1, 0.15) is 32.4 Å². The van der Waals surface area contributed by atoms with Gasteiger partial charge in [0.15, 0.2) is 17.3 Å². The van der Waals surface area contributed by atoms with Crippen LogP contribution < -0.4 is 9.47 Å². The van der Waals surface area contributed by atoms with E-state index in [1.807, 2.05) is 0 Å². The van der Waals surface area contributed by atoms with Gasteiger partial charge in [0, 0.05) is 5.41 Å². The summed E-state index contributed by atoms with van der Waals surface area (Å²) in [5, 5.41) is 10.0. The van der Waals surface area contributed by atoms with Crippen LogP contribution in [0.3, 0.4) is 0 Å². The fourth-order valence-electron chi connectivity index (χ4n) is 1.64. The summed E-state index contributed by atoms with van der Waals surface area (Å²) in [7, 11) is 0. The topological polar surface area (TPSA) is 55.8 Å². The Morgan fingerprint density at radius 2 is 1.94 bits per heavy atom. The maximum absolute atomic E-state index is 11.9. The van der Waals surface area contributed by atoms with E-state index in [1.165, 1.54) is 0 Å². The van der Waals surface area contributed by atoms with Gasteiger partial charge in [0.1, 0.15) is 6.10 Å². The van der Waals surface area contributed by atoms with E-state index >= 15 is 0 Å². The highest BCUT2D eigenvalue weighted by molar-refractivity contribution is 5.88. The predicted octanol–water partition coefficient (Wildman–Crippen LogP) is 2.06. The maximum atomic E-state index is 11.9. The average molecular weight is 236 g/mol. The Morgan fingerprint density at radius 1 is 1.29 bits per heavy atom. The average Bonchev–Trinajstić information content (AvgIpc) is 2.72. The van der Waals surface area contributed by atoms with Gasteiger partial charge in [-0.05, 0) is 17.7 Å². The standard InChI is InChI=1S/C13H16O4/c1-13(2,3)12(15)11(14)8-4-5-9-10(6-8)17-7-16-9/h4-6,11,14H,7H2,1-3H3. The number of carbonyl (C=O) groups is 1. The molecular weight excluding hydrogens is 220 g/mol. The normalized spacial score (nSPS) is 15.8. The molecule has 1 aromatic carbocycles. The highest BCUT2D eigenvalue weighted by Crippen LogP contribution is 2.35. The van der Waals surface area contributed by atoms with Crippen molar-refractivity contribution in [3.8, 4) is 11.5 Å². The molecule has 92 valence electrons. The molecule has 17 heavy (non-hydrogen) atoms. The molecular formula is C13H16O4. The number of fused-ring (bicyclic) bond motifs is 1. The summed E-state index contributed by atoms with van der Waals surface area (Å²) >= 11 is 0. The summed E-state index contributed by atoms with van der Waals surface area (Å²) in [5.74, 6) is 1.00. The second-order valence-corrected chi connectivity index (χ2v) is 5.13. The van der Waals surface area contributed by atoms with E-state index in [0.717, 1.165) is 0 Å². The molecule has 0 saturated carbocycles. The van der Waals surface area contributed by atoms with Gasteiger partial charge in [0.05, 0.1) is 0 Å². The number of hydrogen-bond acceptors (Lipinski definition) is 4.